The lowest BCUT2D eigenvalue weighted by atomic mass is 9.98. The molecule has 1 fully saturated rings. The third-order valence-corrected chi connectivity index (χ3v) is 7.80. The predicted octanol–water partition coefficient (Wildman–Crippen LogP) is 3.57. The van der Waals surface area contributed by atoms with Gasteiger partial charge in [0.25, 0.3) is 0 Å². The second-order valence-electron chi connectivity index (χ2n) is 9.68. The molecule has 0 aromatic heterocycles. The number of benzene rings is 3. The maximum Gasteiger partial charge on any atom is 0.242 e. The molecular weight excluding hydrogens is 496 g/mol. The van der Waals surface area contributed by atoms with Crippen molar-refractivity contribution in [3.63, 3.8) is 0 Å². The normalized spacial score (nSPS) is 19.1. The summed E-state index contributed by atoms with van der Waals surface area (Å²) in [7, 11) is 0. The highest BCUT2D eigenvalue weighted by Gasteiger charge is 2.42. The smallest absolute Gasteiger partial charge is 0.242 e. The second kappa shape index (κ2) is 12.6. The topological polar surface area (TPSA) is 109 Å². The average molecular weight is 531 g/mol. The molecular formula is C30H34N4O3S. The minimum atomic E-state index is -0.656. The van der Waals surface area contributed by atoms with Crippen molar-refractivity contribution in [3.8, 4) is 0 Å². The summed E-state index contributed by atoms with van der Waals surface area (Å²) in [5, 5.41) is 8.15. The van der Waals surface area contributed by atoms with Gasteiger partial charge in [0, 0.05) is 30.8 Å². The Hall–Kier alpha value is -3.17. The summed E-state index contributed by atoms with van der Waals surface area (Å²) in [5.41, 5.74) is 8.94. The monoisotopic (exact) mass is 530 g/mol. The summed E-state index contributed by atoms with van der Waals surface area (Å²) in [6.07, 6.45) is 4.19. The van der Waals surface area contributed by atoms with Crippen LogP contribution in [0.1, 0.15) is 30.4 Å². The van der Waals surface area contributed by atoms with Crippen molar-refractivity contribution in [2.24, 2.45) is 5.73 Å². The first kappa shape index (κ1) is 26.4. The number of hydrogen-bond acceptors (Lipinski definition) is 6. The van der Waals surface area contributed by atoms with Crippen LogP contribution in [0.5, 0.6) is 0 Å². The quantitative estimate of drug-likeness (QED) is 0.171. The minimum absolute atomic E-state index is 0.000439. The largest absolute Gasteiger partial charge is 0.364 e. The molecule has 198 valence electrons. The van der Waals surface area contributed by atoms with Crippen LogP contribution in [0.15, 0.2) is 77.7 Å². The fraction of sp³-hybridized carbons (Fsp3) is 0.333. The summed E-state index contributed by atoms with van der Waals surface area (Å²) < 4.78 is 9.33. The van der Waals surface area contributed by atoms with E-state index in [1.165, 1.54) is 16.0 Å². The Morgan fingerprint density at radius 2 is 1.89 bits per heavy atom. The van der Waals surface area contributed by atoms with E-state index < -0.39 is 6.04 Å². The van der Waals surface area contributed by atoms with Gasteiger partial charge in [0.15, 0.2) is 0 Å². The van der Waals surface area contributed by atoms with Crippen LogP contribution in [0.4, 0.5) is 0 Å². The van der Waals surface area contributed by atoms with Crippen LogP contribution in [0.3, 0.4) is 0 Å². The molecule has 3 aromatic carbocycles. The van der Waals surface area contributed by atoms with E-state index in [2.05, 4.69) is 57.8 Å². The third-order valence-electron chi connectivity index (χ3n) is 6.92. The first-order chi connectivity index (χ1) is 18.6. The zero-order valence-corrected chi connectivity index (χ0v) is 22.1. The highest BCUT2D eigenvalue weighted by atomic mass is 32.2. The van der Waals surface area contributed by atoms with Gasteiger partial charge in [0.05, 0.1) is 6.10 Å². The van der Waals surface area contributed by atoms with Crippen LogP contribution in [0, 0.1) is 0 Å². The molecule has 0 aliphatic carbocycles. The Balaban J connectivity index is 1.19. The number of fused-ring (bicyclic) bond motifs is 2. The molecule has 0 spiro atoms. The van der Waals surface area contributed by atoms with Gasteiger partial charge in [-0.05, 0) is 64.9 Å². The molecule has 5 rings (SSSR count). The van der Waals surface area contributed by atoms with Crippen LogP contribution in [-0.2, 0) is 20.7 Å². The maximum absolute atomic E-state index is 13.0. The zero-order chi connectivity index (χ0) is 26.3. The Kier molecular flexibility index (Phi) is 8.75. The lowest BCUT2D eigenvalue weighted by Crippen LogP contribution is -2.48. The maximum atomic E-state index is 13.0. The van der Waals surface area contributed by atoms with Crippen molar-refractivity contribution in [1.29, 1.82) is 0 Å². The molecule has 8 heteroatoms. The van der Waals surface area contributed by atoms with E-state index in [0.29, 0.717) is 38.8 Å². The van der Waals surface area contributed by atoms with E-state index in [4.69, 9.17) is 10.5 Å². The van der Waals surface area contributed by atoms with Gasteiger partial charge in [-0.3, -0.25) is 14.3 Å². The van der Waals surface area contributed by atoms with Crippen molar-refractivity contribution in [2.45, 2.75) is 48.8 Å². The van der Waals surface area contributed by atoms with Crippen molar-refractivity contribution < 1.29 is 14.3 Å². The highest BCUT2D eigenvalue weighted by Crippen LogP contribution is 2.41. The lowest BCUT2D eigenvalue weighted by molar-refractivity contribution is -0.129. The lowest BCUT2D eigenvalue weighted by Gasteiger charge is -2.19. The summed E-state index contributed by atoms with van der Waals surface area (Å²) in [4.78, 5) is 27.1. The molecule has 3 aromatic rings. The number of amides is 2. The van der Waals surface area contributed by atoms with Gasteiger partial charge >= 0.3 is 0 Å². The fourth-order valence-corrected chi connectivity index (χ4v) is 5.63. The van der Waals surface area contributed by atoms with Gasteiger partial charge in [0.1, 0.15) is 12.1 Å². The predicted molar refractivity (Wildman–Crippen MR) is 152 cm³/mol. The fourth-order valence-electron chi connectivity index (χ4n) is 4.87. The SMILES string of the molecule is NCCCNC(=O)[C@@H](Cc1ccc2ccccc2c1)NC(=O)CCC1OC1C1=CCNSc2ccccc21. The number of nitrogens with two attached hydrogens (primary N) is 1. The summed E-state index contributed by atoms with van der Waals surface area (Å²) in [6, 6.07) is 21.9. The van der Waals surface area contributed by atoms with E-state index in [1.807, 2.05) is 30.3 Å². The summed E-state index contributed by atoms with van der Waals surface area (Å²) in [6.45, 7) is 1.75. The minimum Gasteiger partial charge on any atom is -0.364 e. The van der Waals surface area contributed by atoms with Crippen molar-refractivity contribution >= 4 is 40.1 Å². The third kappa shape index (κ3) is 6.63. The van der Waals surface area contributed by atoms with Gasteiger partial charge in [-0.1, -0.05) is 66.7 Å². The molecule has 2 unspecified atom stereocenters. The highest BCUT2D eigenvalue weighted by molar-refractivity contribution is 7.97. The summed E-state index contributed by atoms with van der Waals surface area (Å²) in [5.74, 6) is -0.336. The molecule has 0 radical (unpaired) electrons. The van der Waals surface area contributed by atoms with Crippen LogP contribution in [0.2, 0.25) is 0 Å². The molecule has 38 heavy (non-hydrogen) atoms. The van der Waals surface area contributed by atoms with Gasteiger partial charge in [-0.2, -0.15) is 0 Å². The molecule has 0 saturated carbocycles. The van der Waals surface area contributed by atoms with Gasteiger partial charge in [0.2, 0.25) is 11.8 Å². The molecule has 2 heterocycles. The average Bonchev–Trinajstić information content (AvgIpc) is 3.74. The molecule has 2 amide bonds. The molecule has 5 N–H and O–H groups in total. The number of carbonyl (C=O) groups excluding carboxylic acids is 2. The van der Waals surface area contributed by atoms with Crippen LogP contribution >= 0.6 is 11.9 Å². The van der Waals surface area contributed by atoms with E-state index >= 15 is 0 Å². The Morgan fingerprint density at radius 3 is 2.76 bits per heavy atom. The molecule has 2 aliphatic heterocycles. The number of hydrogen-bond donors (Lipinski definition) is 4. The van der Waals surface area contributed by atoms with E-state index in [1.54, 1.807) is 11.9 Å². The van der Waals surface area contributed by atoms with Crippen molar-refractivity contribution in [1.82, 2.24) is 15.4 Å². The molecule has 2 aliphatic rings. The van der Waals surface area contributed by atoms with E-state index in [9.17, 15) is 9.59 Å². The van der Waals surface area contributed by atoms with Gasteiger partial charge in [-0.15, -0.1) is 0 Å². The van der Waals surface area contributed by atoms with Gasteiger partial charge in [-0.25, -0.2) is 0 Å². The van der Waals surface area contributed by atoms with Crippen LogP contribution < -0.4 is 21.1 Å². The molecule has 0 bridgehead atoms. The molecule has 7 nitrogen and oxygen atoms in total. The molecule has 3 atom stereocenters. The number of epoxide rings is 1. The first-order valence-electron chi connectivity index (χ1n) is 13.2. The van der Waals surface area contributed by atoms with Crippen LogP contribution in [0.25, 0.3) is 16.3 Å². The Labute approximate surface area is 227 Å². The Morgan fingerprint density at radius 1 is 1.08 bits per heavy atom. The summed E-state index contributed by atoms with van der Waals surface area (Å²) >= 11 is 1.63. The second-order valence-corrected chi connectivity index (χ2v) is 10.6. The number of nitrogens with one attached hydrogen (secondary N) is 3. The first-order valence-corrected chi connectivity index (χ1v) is 14.0. The Bertz CT molecular complexity index is 1330. The molecule has 1 saturated heterocycles. The van der Waals surface area contributed by atoms with Crippen molar-refractivity contribution in [3.05, 3.63) is 83.9 Å². The number of ether oxygens (including phenoxy) is 1. The number of rotatable bonds is 11. The van der Waals surface area contributed by atoms with E-state index in [-0.39, 0.29) is 24.0 Å². The van der Waals surface area contributed by atoms with Crippen LogP contribution in [-0.4, -0.2) is 49.7 Å². The van der Waals surface area contributed by atoms with Gasteiger partial charge < -0.3 is 21.1 Å². The van der Waals surface area contributed by atoms with E-state index in [0.717, 1.165) is 22.9 Å². The zero-order valence-electron chi connectivity index (χ0n) is 21.3. The number of carbonyl (C=O) groups is 2. The van der Waals surface area contributed by atoms with Crippen molar-refractivity contribution in [2.75, 3.05) is 19.6 Å². The standard InChI is InChI=1S/C30H34N4O3S/c31-15-5-16-32-30(36)25(19-20-10-11-21-6-1-2-7-22(21)18-20)34-28(35)13-12-26-29(37-26)24-14-17-33-38-27-9-4-3-8-23(24)27/h1-4,6-11,14,18,25-26,29,33H,5,12-13,15-17,19,31H2,(H,32,36)(H,34,35)/t25-,26?,29?/m1/s1.